The number of carbonyl (C=O) groups is 1. The molecule has 2 rings (SSSR count). The van der Waals surface area contributed by atoms with Crippen molar-refractivity contribution in [1.82, 2.24) is 10.6 Å². The smallest absolute Gasteiger partial charge is 0.251 e. The monoisotopic (exact) mass is 268 g/mol. The van der Waals surface area contributed by atoms with Crippen LogP contribution in [0.3, 0.4) is 0 Å². The second-order valence-electron chi connectivity index (χ2n) is 4.79. The van der Waals surface area contributed by atoms with E-state index in [1.807, 2.05) is 42.5 Å². The minimum absolute atomic E-state index is 0.0536. The molecular formula is C17H20N2O. The lowest BCUT2D eigenvalue weighted by Gasteiger charge is -2.14. The molecule has 1 unspecified atom stereocenters. The fraction of sp³-hybridized carbons (Fsp3) is 0.235. The molecule has 0 bridgehead atoms. The van der Waals surface area contributed by atoms with Crippen molar-refractivity contribution in [3.05, 3.63) is 71.3 Å². The summed E-state index contributed by atoms with van der Waals surface area (Å²) in [4.78, 5) is 11.4. The van der Waals surface area contributed by atoms with Gasteiger partial charge in [-0.3, -0.25) is 4.79 Å². The Morgan fingerprint density at radius 1 is 1.05 bits per heavy atom. The van der Waals surface area contributed by atoms with Gasteiger partial charge in [0.2, 0.25) is 0 Å². The maximum Gasteiger partial charge on any atom is 0.251 e. The maximum absolute atomic E-state index is 11.4. The second-order valence-corrected chi connectivity index (χ2v) is 4.79. The van der Waals surface area contributed by atoms with E-state index in [0.29, 0.717) is 11.6 Å². The molecule has 0 aliphatic rings. The van der Waals surface area contributed by atoms with Gasteiger partial charge in [-0.25, -0.2) is 0 Å². The van der Waals surface area contributed by atoms with Crippen LogP contribution in [0.2, 0.25) is 0 Å². The van der Waals surface area contributed by atoms with Crippen LogP contribution >= 0.6 is 0 Å². The Bertz CT molecular complexity index is 549. The lowest BCUT2D eigenvalue weighted by atomic mass is 10.1. The fourth-order valence-electron chi connectivity index (χ4n) is 2.05. The molecule has 0 aliphatic carbocycles. The van der Waals surface area contributed by atoms with Gasteiger partial charge in [0.1, 0.15) is 0 Å². The van der Waals surface area contributed by atoms with Gasteiger partial charge in [0.25, 0.3) is 5.91 Å². The molecule has 3 nitrogen and oxygen atoms in total. The van der Waals surface area contributed by atoms with Crippen LogP contribution in [0, 0.1) is 0 Å². The van der Waals surface area contributed by atoms with Crippen LogP contribution in [0.25, 0.3) is 0 Å². The zero-order valence-corrected chi connectivity index (χ0v) is 11.9. The minimum Gasteiger partial charge on any atom is -0.355 e. The van der Waals surface area contributed by atoms with E-state index in [0.717, 1.165) is 6.54 Å². The molecule has 2 N–H and O–H groups in total. The predicted molar refractivity (Wildman–Crippen MR) is 81.5 cm³/mol. The molecule has 2 aromatic carbocycles. The number of nitrogens with one attached hydrogen (secondary N) is 2. The molecule has 1 amide bonds. The van der Waals surface area contributed by atoms with Gasteiger partial charge in [-0.2, -0.15) is 0 Å². The third kappa shape index (κ3) is 3.68. The number of amides is 1. The highest BCUT2D eigenvalue weighted by atomic mass is 16.1. The molecule has 0 spiro atoms. The number of rotatable bonds is 5. The number of hydrogen-bond acceptors (Lipinski definition) is 2. The average Bonchev–Trinajstić information content (AvgIpc) is 2.53. The molecule has 3 heteroatoms. The molecule has 104 valence electrons. The predicted octanol–water partition coefficient (Wildman–Crippen LogP) is 2.90. The van der Waals surface area contributed by atoms with E-state index < -0.39 is 0 Å². The molecule has 0 saturated carbocycles. The maximum atomic E-state index is 11.4. The van der Waals surface area contributed by atoms with Crippen molar-refractivity contribution in [3.8, 4) is 0 Å². The van der Waals surface area contributed by atoms with E-state index in [1.54, 1.807) is 7.05 Å². The van der Waals surface area contributed by atoms with Crippen LogP contribution in [0.5, 0.6) is 0 Å². The first-order chi connectivity index (χ1) is 9.70. The third-order valence-corrected chi connectivity index (χ3v) is 3.36. The fourth-order valence-corrected chi connectivity index (χ4v) is 2.05. The zero-order chi connectivity index (χ0) is 14.4. The van der Waals surface area contributed by atoms with Crippen molar-refractivity contribution in [1.29, 1.82) is 0 Å². The van der Waals surface area contributed by atoms with Crippen molar-refractivity contribution >= 4 is 5.91 Å². The van der Waals surface area contributed by atoms with E-state index in [4.69, 9.17) is 0 Å². The Kier molecular flexibility index (Phi) is 4.91. The molecular weight excluding hydrogens is 248 g/mol. The van der Waals surface area contributed by atoms with Gasteiger partial charge < -0.3 is 10.6 Å². The Balaban J connectivity index is 1.93. The van der Waals surface area contributed by atoms with Crippen LogP contribution < -0.4 is 10.6 Å². The van der Waals surface area contributed by atoms with Gasteiger partial charge in [0.15, 0.2) is 0 Å². The summed E-state index contributed by atoms with van der Waals surface area (Å²) in [5.74, 6) is -0.0536. The lowest BCUT2D eigenvalue weighted by Crippen LogP contribution is -2.19. The van der Waals surface area contributed by atoms with E-state index in [2.05, 4.69) is 29.7 Å². The average molecular weight is 268 g/mol. The second kappa shape index (κ2) is 6.87. The van der Waals surface area contributed by atoms with Gasteiger partial charge in [0, 0.05) is 25.2 Å². The van der Waals surface area contributed by atoms with Crippen LogP contribution in [-0.2, 0) is 6.54 Å². The molecule has 0 saturated heterocycles. The van der Waals surface area contributed by atoms with Gasteiger partial charge in [-0.15, -0.1) is 0 Å². The van der Waals surface area contributed by atoms with Crippen molar-refractivity contribution < 1.29 is 4.79 Å². The molecule has 0 radical (unpaired) electrons. The summed E-state index contributed by atoms with van der Waals surface area (Å²) in [6.07, 6.45) is 0. The van der Waals surface area contributed by atoms with Crippen LogP contribution in [0.1, 0.15) is 34.5 Å². The van der Waals surface area contributed by atoms with Gasteiger partial charge in [-0.05, 0) is 30.2 Å². The first-order valence-corrected chi connectivity index (χ1v) is 6.80. The molecule has 0 aromatic heterocycles. The Morgan fingerprint density at radius 3 is 2.30 bits per heavy atom. The Morgan fingerprint density at radius 2 is 1.70 bits per heavy atom. The number of benzene rings is 2. The van der Waals surface area contributed by atoms with Crippen molar-refractivity contribution in [2.45, 2.75) is 19.5 Å². The summed E-state index contributed by atoms with van der Waals surface area (Å²) >= 11 is 0. The van der Waals surface area contributed by atoms with Gasteiger partial charge in [-0.1, -0.05) is 42.5 Å². The number of hydrogen-bond donors (Lipinski definition) is 2. The minimum atomic E-state index is -0.0536. The third-order valence-electron chi connectivity index (χ3n) is 3.36. The largest absolute Gasteiger partial charge is 0.355 e. The Labute approximate surface area is 120 Å². The van der Waals surface area contributed by atoms with E-state index in [9.17, 15) is 4.79 Å². The van der Waals surface area contributed by atoms with Crippen LogP contribution in [-0.4, -0.2) is 13.0 Å². The quantitative estimate of drug-likeness (QED) is 0.875. The summed E-state index contributed by atoms with van der Waals surface area (Å²) in [5, 5.41) is 6.10. The van der Waals surface area contributed by atoms with E-state index in [1.165, 1.54) is 11.1 Å². The Hall–Kier alpha value is -2.13. The van der Waals surface area contributed by atoms with Crippen molar-refractivity contribution in [2.75, 3.05) is 7.05 Å². The highest BCUT2D eigenvalue weighted by Crippen LogP contribution is 2.12. The molecule has 0 aliphatic heterocycles. The van der Waals surface area contributed by atoms with Gasteiger partial charge in [0.05, 0.1) is 0 Å². The normalized spacial score (nSPS) is 11.9. The number of carbonyl (C=O) groups excluding carboxylic acids is 1. The highest BCUT2D eigenvalue weighted by Gasteiger charge is 2.05. The van der Waals surface area contributed by atoms with E-state index >= 15 is 0 Å². The van der Waals surface area contributed by atoms with Crippen LogP contribution in [0.4, 0.5) is 0 Å². The first-order valence-electron chi connectivity index (χ1n) is 6.80. The molecule has 2 aromatic rings. The summed E-state index contributed by atoms with van der Waals surface area (Å²) < 4.78 is 0. The first kappa shape index (κ1) is 14.3. The molecule has 0 heterocycles. The highest BCUT2D eigenvalue weighted by molar-refractivity contribution is 5.93. The van der Waals surface area contributed by atoms with Crippen LogP contribution in [0.15, 0.2) is 54.6 Å². The lowest BCUT2D eigenvalue weighted by molar-refractivity contribution is 0.0963. The summed E-state index contributed by atoms with van der Waals surface area (Å²) in [6.45, 7) is 2.93. The molecule has 0 fully saturated rings. The van der Waals surface area contributed by atoms with Crippen molar-refractivity contribution in [2.24, 2.45) is 0 Å². The van der Waals surface area contributed by atoms with E-state index in [-0.39, 0.29) is 5.91 Å². The topological polar surface area (TPSA) is 41.1 Å². The van der Waals surface area contributed by atoms with Gasteiger partial charge >= 0.3 is 0 Å². The SMILES string of the molecule is CNC(=O)c1ccc(CNC(C)c2ccccc2)cc1. The summed E-state index contributed by atoms with van der Waals surface area (Å²) in [5.41, 5.74) is 3.13. The summed E-state index contributed by atoms with van der Waals surface area (Å²) in [7, 11) is 1.64. The van der Waals surface area contributed by atoms with Crippen molar-refractivity contribution in [3.63, 3.8) is 0 Å². The molecule has 1 atom stereocenters. The molecule has 20 heavy (non-hydrogen) atoms. The zero-order valence-electron chi connectivity index (χ0n) is 11.9. The summed E-state index contributed by atoms with van der Waals surface area (Å²) in [6, 6.07) is 18.3. The standard InChI is InChI=1S/C17H20N2O/c1-13(15-6-4-3-5-7-15)19-12-14-8-10-16(11-9-14)17(20)18-2/h3-11,13,19H,12H2,1-2H3,(H,18,20).